The molecular formula is C19H16FIN4OS. The van der Waals surface area contributed by atoms with E-state index in [0.29, 0.717) is 23.1 Å². The second-order valence-corrected chi connectivity index (χ2v) is 7.72. The third-order valence-electron chi connectivity index (χ3n) is 3.60. The molecule has 3 aromatic rings. The number of anilines is 1. The van der Waals surface area contributed by atoms with Crippen molar-refractivity contribution >= 4 is 45.9 Å². The number of aromatic nitrogens is 3. The zero-order valence-corrected chi connectivity index (χ0v) is 17.2. The Labute approximate surface area is 174 Å². The quantitative estimate of drug-likeness (QED) is 0.296. The molecule has 0 aliphatic heterocycles. The lowest BCUT2D eigenvalue weighted by atomic mass is 10.2. The zero-order chi connectivity index (χ0) is 19.2. The van der Waals surface area contributed by atoms with Gasteiger partial charge in [-0.25, -0.2) is 4.39 Å². The Kier molecular flexibility index (Phi) is 6.62. The van der Waals surface area contributed by atoms with Gasteiger partial charge in [0.05, 0.1) is 11.3 Å². The van der Waals surface area contributed by atoms with E-state index in [-0.39, 0.29) is 17.5 Å². The molecule has 0 radical (unpaired) electrons. The molecular weight excluding hydrogens is 478 g/mol. The van der Waals surface area contributed by atoms with Crippen LogP contribution in [0.2, 0.25) is 0 Å². The minimum absolute atomic E-state index is 0.151. The van der Waals surface area contributed by atoms with Crippen LogP contribution in [0.1, 0.15) is 0 Å². The molecule has 27 heavy (non-hydrogen) atoms. The van der Waals surface area contributed by atoms with Crippen LogP contribution in [0.3, 0.4) is 0 Å². The summed E-state index contributed by atoms with van der Waals surface area (Å²) >= 11 is 3.45. The molecule has 8 heteroatoms. The highest BCUT2D eigenvalue weighted by Gasteiger charge is 2.17. The van der Waals surface area contributed by atoms with E-state index < -0.39 is 0 Å². The highest BCUT2D eigenvalue weighted by Crippen LogP contribution is 2.26. The van der Waals surface area contributed by atoms with Crippen LogP contribution in [0.25, 0.3) is 11.4 Å². The van der Waals surface area contributed by atoms with Crippen LogP contribution in [0, 0.1) is 9.39 Å². The molecule has 0 atom stereocenters. The number of nitrogens with one attached hydrogen (secondary N) is 1. The van der Waals surface area contributed by atoms with Crippen molar-refractivity contribution in [3.05, 3.63) is 70.6 Å². The van der Waals surface area contributed by atoms with Crippen LogP contribution >= 0.6 is 34.4 Å². The summed E-state index contributed by atoms with van der Waals surface area (Å²) in [5.74, 6) is 0.0528. The van der Waals surface area contributed by atoms with E-state index in [1.165, 1.54) is 17.8 Å². The molecule has 0 saturated heterocycles. The number of carbonyl (C=O) groups is 1. The van der Waals surface area contributed by atoms with Crippen LogP contribution in [-0.4, -0.2) is 26.4 Å². The normalized spacial score (nSPS) is 10.6. The molecule has 0 fully saturated rings. The zero-order valence-electron chi connectivity index (χ0n) is 14.2. The summed E-state index contributed by atoms with van der Waals surface area (Å²) in [5.41, 5.74) is 1.10. The Bertz CT molecular complexity index is 959. The molecule has 138 valence electrons. The highest BCUT2D eigenvalue weighted by molar-refractivity contribution is 14.1. The van der Waals surface area contributed by atoms with Crippen molar-refractivity contribution in [1.29, 1.82) is 0 Å². The Morgan fingerprint density at radius 2 is 1.96 bits per heavy atom. The molecule has 0 spiro atoms. The van der Waals surface area contributed by atoms with Gasteiger partial charge in [-0.1, -0.05) is 30.0 Å². The molecule has 3 rings (SSSR count). The fourth-order valence-electron chi connectivity index (χ4n) is 2.39. The van der Waals surface area contributed by atoms with Gasteiger partial charge in [0, 0.05) is 15.8 Å². The first-order valence-electron chi connectivity index (χ1n) is 8.05. The predicted molar refractivity (Wildman–Crippen MR) is 114 cm³/mol. The van der Waals surface area contributed by atoms with Crippen LogP contribution in [0.15, 0.2) is 66.3 Å². The lowest BCUT2D eigenvalue weighted by Gasteiger charge is -2.09. The molecule has 1 aromatic heterocycles. The lowest BCUT2D eigenvalue weighted by Crippen LogP contribution is -2.14. The first-order valence-corrected chi connectivity index (χ1v) is 10.1. The number of rotatable bonds is 7. The average Bonchev–Trinajstić information content (AvgIpc) is 3.05. The van der Waals surface area contributed by atoms with E-state index in [1.807, 2.05) is 24.3 Å². The molecule has 0 bridgehead atoms. The summed E-state index contributed by atoms with van der Waals surface area (Å²) in [4.78, 5) is 12.2. The van der Waals surface area contributed by atoms with Crippen LogP contribution < -0.4 is 5.32 Å². The summed E-state index contributed by atoms with van der Waals surface area (Å²) in [7, 11) is 0. The van der Waals surface area contributed by atoms with Crippen molar-refractivity contribution in [1.82, 2.24) is 14.8 Å². The second kappa shape index (κ2) is 9.14. The number of carbonyl (C=O) groups excluding carboxylic acids is 1. The molecule has 0 aliphatic rings. The minimum atomic E-state index is -0.372. The third kappa shape index (κ3) is 4.95. The number of halogens is 2. The standard InChI is InChI=1S/C19H16FIN4OS/c1-2-11-25-18(15-5-3-4-6-16(15)20)23-24-19(25)27-12-17(26)22-14-9-7-13(21)8-10-14/h2-10H,1,11-12H2,(H,22,26). The van der Waals surface area contributed by atoms with E-state index in [0.717, 1.165) is 9.26 Å². The summed E-state index contributed by atoms with van der Waals surface area (Å²) in [6.07, 6.45) is 1.68. The van der Waals surface area contributed by atoms with Crippen LogP contribution in [-0.2, 0) is 11.3 Å². The largest absolute Gasteiger partial charge is 0.325 e. The first kappa shape index (κ1) is 19.6. The van der Waals surface area contributed by atoms with Crippen molar-refractivity contribution < 1.29 is 9.18 Å². The lowest BCUT2D eigenvalue weighted by molar-refractivity contribution is -0.113. The number of thioether (sulfide) groups is 1. The summed E-state index contributed by atoms with van der Waals surface area (Å²) < 4.78 is 17.0. The summed E-state index contributed by atoms with van der Waals surface area (Å²) in [6.45, 7) is 4.15. The Morgan fingerprint density at radius 1 is 1.22 bits per heavy atom. The van der Waals surface area contributed by atoms with Crippen molar-refractivity contribution in [3.63, 3.8) is 0 Å². The molecule has 2 aromatic carbocycles. The SMILES string of the molecule is C=CCn1c(SCC(=O)Nc2ccc(I)cc2)nnc1-c1ccccc1F. The van der Waals surface area contributed by atoms with Crippen molar-refractivity contribution in [2.75, 3.05) is 11.1 Å². The van der Waals surface area contributed by atoms with E-state index >= 15 is 0 Å². The van der Waals surface area contributed by atoms with Gasteiger partial charge in [0.25, 0.3) is 0 Å². The van der Waals surface area contributed by atoms with Crippen molar-refractivity contribution in [3.8, 4) is 11.4 Å². The topological polar surface area (TPSA) is 59.8 Å². The maximum Gasteiger partial charge on any atom is 0.234 e. The first-order chi connectivity index (χ1) is 13.1. The van der Waals surface area contributed by atoms with Crippen LogP contribution in [0.5, 0.6) is 0 Å². The van der Waals surface area contributed by atoms with Gasteiger partial charge in [-0.3, -0.25) is 9.36 Å². The van der Waals surface area contributed by atoms with E-state index in [2.05, 4.69) is 44.7 Å². The van der Waals surface area contributed by atoms with Gasteiger partial charge in [0.1, 0.15) is 5.82 Å². The number of nitrogens with zero attached hydrogens (tertiary/aromatic N) is 3. The molecule has 1 amide bonds. The smallest absolute Gasteiger partial charge is 0.234 e. The van der Waals surface area contributed by atoms with Gasteiger partial charge in [-0.05, 0) is 59.0 Å². The molecule has 1 heterocycles. The van der Waals surface area contributed by atoms with Crippen LogP contribution in [0.4, 0.5) is 10.1 Å². The number of amides is 1. The minimum Gasteiger partial charge on any atom is -0.325 e. The molecule has 1 N–H and O–H groups in total. The average molecular weight is 494 g/mol. The summed E-state index contributed by atoms with van der Waals surface area (Å²) in [6, 6.07) is 13.9. The van der Waals surface area contributed by atoms with Crippen molar-refractivity contribution in [2.24, 2.45) is 0 Å². The van der Waals surface area contributed by atoms with Gasteiger partial charge < -0.3 is 5.32 Å². The van der Waals surface area contributed by atoms with E-state index in [9.17, 15) is 9.18 Å². The van der Waals surface area contributed by atoms with Crippen molar-refractivity contribution in [2.45, 2.75) is 11.7 Å². The Hall–Kier alpha value is -2.20. The predicted octanol–water partition coefficient (Wildman–Crippen LogP) is 4.61. The number of hydrogen-bond donors (Lipinski definition) is 1. The van der Waals surface area contributed by atoms with E-state index in [1.54, 1.807) is 28.8 Å². The molecule has 0 aliphatic carbocycles. The molecule has 5 nitrogen and oxygen atoms in total. The number of benzene rings is 2. The Morgan fingerprint density at radius 3 is 2.67 bits per heavy atom. The summed E-state index contributed by atoms with van der Waals surface area (Å²) in [5, 5.41) is 11.6. The molecule has 0 saturated carbocycles. The highest BCUT2D eigenvalue weighted by atomic mass is 127. The third-order valence-corrected chi connectivity index (χ3v) is 5.29. The van der Waals surface area contributed by atoms with Gasteiger partial charge in [-0.2, -0.15) is 0 Å². The maximum absolute atomic E-state index is 14.1. The molecule has 0 unspecified atom stereocenters. The fraction of sp³-hybridized carbons (Fsp3) is 0.105. The number of hydrogen-bond acceptors (Lipinski definition) is 4. The maximum atomic E-state index is 14.1. The second-order valence-electron chi connectivity index (χ2n) is 5.53. The number of allylic oxidation sites excluding steroid dienone is 1. The monoisotopic (exact) mass is 494 g/mol. The van der Waals surface area contributed by atoms with Gasteiger partial charge in [-0.15, -0.1) is 16.8 Å². The van der Waals surface area contributed by atoms with Gasteiger partial charge in [0.2, 0.25) is 5.91 Å². The van der Waals surface area contributed by atoms with E-state index in [4.69, 9.17) is 0 Å². The van der Waals surface area contributed by atoms with Gasteiger partial charge in [0.15, 0.2) is 11.0 Å². The fourth-order valence-corrected chi connectivity index (χ4v) is 3.50. The Balaban J connectivity index is 1.73. The van der Waals surface area contributed by atoms with Gasteiger partial charge >= 0.3 is 0 Å².